The number of benzene rings is 1. The highest BCUT2D eigenvalue weighted by molar-refractivity contribution is 5.64. The number of hydrogen-bond acceptors (Lipinski definition) is 4. The van der Waals surface area contributed by atoms with Gasteiger partial charge in [0.05, 0.1) is 11.3 Å². The van der Waals surface area contributed by atoms with E-state index in [1.165, 1.54) is 12.1 Å². The Labute approximate surface area is 161 Å². The molecular weight excluding hydrogens is 365 g/mol. The molecule has 0 radical (unpaired) electrons. The summed E-state index contributed by atoms with van der Waals surface area (Å²) in [5.74, 6) is 0.783. The van der Waals surface area contributed by atoms with Crippen LogP contribution < -0.4 is 0 Å². The quantitative estimate of drug-likeness (QED) is 0.670. The summed E-state index contributed by atoms with van der Waals surface area (Å²) in [7, 11) is 0. The van der Waals surface area contributed by atoms with E-state index >= 15 is 0 Å². The molecule has 144 valence electrons. The Morgan fingerprint density at radius 2 is 1.86 bits per heavy atom. The van der Waals surface area contributed by atoms with Crippen molar-refractivity contribution in [2.45, 2.75) is 32.6 Å². The minimum absolute atomic E-state index is 0.0981. The van der Waals surface area contributed by atoms with Gasteiger partial charge >= 0.3 is 6.18 Å². The Morgan fingerprint density at radius 1 is 1.04 bits per heavy atom. The minimum Gasteiger partial charge on any atom is -0.294 e. The number of aryl methyl sites for hydroxylation is 1. The molecule has 0 atom stereocenters. The van der Waals surface area contributed by atoms with Crippen LogP contribution in [0.25, 0.3) is 11.3 Å². The molecule has 3 aromatic rings. The smallest absolute Gasteiger partial charge is 0.294 e. The van der Waals surface area contributed by atoms with Gasteiger partial charge < -0.3 is 0 Å². The third-order valence-corrected chi connectivity index (χ3v) is 4.87. The lowest BCUT2D eigenvalue weighted by molar-refractivity contribution is -0.137. The van der Waals surface area contributed by atoms with Crippen LogP contribution in [0.5, 0.6) is 0 Å². The molecular formula is C21H19F3N4. The van der Waals surface area contributed by atoms with Crippen LogP contribution in [0, 0.1) is 6.92 Å². The van der Waals surface area contributed by atoms with Crippen LogP contribution in [0.3, 0.4) is 0 Å². The molecule has 4 rings (SSSR count). The van der Waals surface area contributed by atoms with Crippen molar-refractivity contribution in [1.29, 1.82) is 0 Å². The number of hydrogen-bond donors (Lipinski definition) is 0. The fraction of sp³-hybridized carbons (Fsp3) is 0.286. The van der Waals surface area contributed by atoms with Crippen molar-refractivity contribution in [3.8, 4) is 11.3 Å². The van der Waals surface area contributed by atoms with Gasteiger partial charge in [-0.05, 0) is 24.6 Å². The van der Waals surface area contributed by atoms with Crippen molar-refractivity contribution in [1.82, 2.24) is 19.9 Å². The lowest BCUT2D eigenvalue weighted by atomic mass is 10.0. The van der Waals surface area contributed by atoms with Crippen molar-refractivity contribution < 1.29 is 13.2 Å². The first kappa shape index (κ1) is 18.6. The van der Waals surface area contributed by atoms with Crippen LogP contribution in [-0.4, -0.2) is 26.4 Å². The SMILES string of the molecule is Cc1ncc2c(n1)CCN(Cc1ccc(-c3ccccc3C(F)(F)F)nc1)C2. The van der Waals surface area contributed by atoms with Gasteiger partial charge in [0.15, 0.2) is 0 Å². The molecule has 1 aliphatic rings. The van der Waals surface area contributed by atoms with Crippen LogP contribution in [0.15, 0.2) is 48.8 Å². The maximum Gasteiger partial charge on any atom is 0.417 e. The van der Waals surface area contributed by atoms with Gasteiger partial charge in [0.25, 0.3) is 0 Å². The van der Waals surface area contributed by atoms with E-state index in [-0.39, 0.29) is 5.56 Å². The van der Waals surface area contributed by atoms with Crippen molar-refractivity contribution >= 4 is 0 Å². The third-order valence-electron chi connectivity index (χ3n) is 4.87. The Hall–Kier alpha value is -2.80. The Bertz CT molecular complexity index is 984. The maximum absolute atomic E-state index is 13.2. The van der Waals surface area contributed by atoms with Crippen LogP contribution in [0.4, 0.5) is 13.2 Å². The Balaban J connectivity index is 1.50. The molecule has 2 aromatic heterocycles. The van der Waals surface area contributed by atoms with E-state index in [0.29, 0.717) is 12.2 Å². The van der Waals surface area contributed by atoms with Gasteiger partial charge in [-0.1, -0.05) is 24.3 Å². The van der Waals surface area contributed by atoms with Gasteiger partial charge in [-0.25, -0.2) is 9.97 Å². The minimum atomic E-state index is -4.40. The fourth-order valence-electron chi connectivity index (χ4n) is 3.50. The average molecular weight is 384 g/mol. The second-order valence-corrected chi connectivity index (χ2v) is 6.94. The van der Waals surface area contributed by atoms with Crippen LogP contribution in [0.1, 0.15) is 28.2 Å². The number of alkyl halides is 3. The van der Waals surface area contributed by atoms with Crippen LogP contribution >= 0.6 is 0 Å². The topological polar surface area (TPSA) is 41.9 Å². The summed E-state index contributed by atoms with van der Waals surface area (Å²) in [5.41, 5.74) is 2.94. The van der Waals surface area contributed by atoms with Gasteiger partial charge in [0.1, 0.15) is 5.82 Å². The Kier molecular flexibility index (Phi) is 4.85. The highest BCUT2D eigenvalue weighted by Crippen LogP contribution is 2.36. The maximum atomic E-state index is 13.2. The highest BCUT2D eigenvalue weighted by atomic mass is 19.4. The van der Waals surface area contributed by atoms with Crippen molar-refractivity contribution in [3.63, 3.8) is 0 Å². The molecule has 0 N–H and O–H groups in total. The molecule has 0 bridgehead atoms. The third kappa shape index (κ3) is 3.89. The largest absolute Gasteiger partial charge is 0.417 e. The first-order chi connectivity index (χ1) is 13.4. The Morgan fingerprint density at radius 3 is 2.61 bits per heavy atom. The molecule has 0 fully saturated rings. The summed E-state index contributed by atoms with van der Waals surface area (Å²) in [6.45, 7) is 4.20. The van der Waals surface area contributed by atoms with Crippen LogP contribution in [-0.2, 0) is 25.7 Å². The van der Waals surface area contributed by atoms with Gasteiger partial charge in [-0.2, -0.15) is 13.2 Å². The second-order valence-electron chi connectivity index (χ2n) is 6.94. The molecule has 0 saturated heterocycles. The first-order valence-corrected chi connectivity index (χ1v) is 9.05. The van der Waals surface area contributed by atoms with Gasteiger partial charge in [0, 0.05) is 55.3 Å². The van der Waals surface area contributed by atoms with E-state index in [0.717, 1.165) is 48.2 Å². The van der Waals surface area contributed by atoms with Crippen molar-refractivity contribution in [2.24, 2.45) is 0 Å². The zero-order chi connectivity index (χ0) is 19.7. The summed E-state index contributed by atoms with van der Waals surface area (Å²) in [5, 5.41) is 0. The van der Waals surface area contributed by atoms with E-state index in [2.05, 4.69) is 19.9 Å². The van der Waals surface area contributed by atoms with Crippen molar-refractivity contribution in [2.75, 3.05) is 6.54 Å². The second kappa shape index (κ2) is 7.31. The zero-order valence-electron chi connectivity index (χ0n) is 15.4. The van der Waals surface area contributed by atoms with Crippen LogP contribution in [0.2, 0.25) is 0 Å². The molecule has 1 aromatic carbocycles. The molecule has 4 nitrogen and oxygen atoms in total. The van der Waals surface area contributed by atoms with Gasteiger partial charge in [-0.15, -0.1) is 0 Å². The predicted octanol–water partition coefficient (Wildman–Crippen LogP) is 4.42. The fourth-order valence-corrected chi connectivity index (χ4v) is 3.50. The standard InChI is InChI=1S/C21H19F3N4/c1-14-25-11-16-13-28(9-8-19(16)27-14)12-15-6-7-20(26-10-15)17-4-2-3-5-18(17)21(22,23)24/h2-7,10-11H,8-9,12-13H2,1H3. The van der Waals surface area contributed by atoms with Gasteiger partial charge in [-0.3, -0.25) is 9.88 Å². The predicted molar refractivity (Wildman–Crippen MR) is 99.3 cm³/mol. The molecule has 0 unspecified atom stereocenters. The summed E-state index contributed by atoms with van der Waals surface area (Å²) in [4.78, 5) is 15.3. The lowest BCUT2D eigenvalue weighted by Gasteiger charge is -2.27. The number of rotatable bonds is 3. The molecule has 0 saturated carbocycles. The lowest BCUT2D eigenvalue weighted by Crippen LogP contribution is -2.31. The first-order valence-electron chi connectivity index (χ1n) is 9.05. The number of aromatic nitrogens is 3. The summed E-state index contributed by atoms with van der Waals surface area (Å²) in [6, 6.07) is 9.02. The van der Waals surface area contributed by atoms with E-state index in [1.807, 2.05) is 19.2 Å². The molecule has 3 heterocycles. The molecule has 1 aliphatic heterocycles. The molecule has 7 heteroatoms. The number of fused-ring (bicyclic) bond motifs is 1. The monoisotopic (exact) mass is 384 g/mol. The van der Waals surface area contributed by atoms with E-state index < -0.39 is 11.7 Å². The highest BCUT2D eigenvalue weighted by Gasteiger charge is 2.33. The summed E-state index contributed by atoms with van der Waals surface area (Å²) in [6.07, 6.45) is -0.00931. The van der Waals surface area contributed by atoms with Gasteiger partial charge in [0.2, 0.25) is 0 Å². The number of halogens is 3. The van der Waals surface area contributed by atoms with E-state index in [4.69, 9.17) is 0 Å². The summed E-state index contributed by atoms with van der Waals surface area (Å²) >= 11 is 0. The number of pyridine rings is 1. The molecule has 0 spiro atoms. The average Bonchev–Trinajstić information content (AvgIpc) is 2.68. The molecule has 0 aliphatic carbocycles. The van der Waals surface area contributed by atoms with E-state index in [9.17, 15) is 13.2 Å². The normalized spacial score (nSPS) is 14.7. The number of nitrogens with zero attached hydrogens (tertiary/aromatic N) is 4. The molecule has 28 heavy (non-hydrogen) atoms. The molecule has 0 amide bonds. The van der Waals surface area contributed by atoms with E-state index in [1.54, 1.807) is 18.3 Å². The zero-order valence-corrected chi connectivity index (χ0v) is 15.4. The summed E-state index contributed by atoms with van der Waals surface area (Å²) < 4.78 is 39.7. The van der Waals surface area contributed by atoms with Crippen molar-refractivity contribution in [3.05, 3.63) is 77.0 Å².